The summed E-state index contributed by atoms with van der Waals surface area (Å²) in [6.45, 7) is 5.48. The standard InChI is InChI=1S/C19H28N2O3/c1-4-11-21-12-9-16(10-13-21)20-19(22)8-6-15-5-7-17(23-2)14-18(15)24-3/h5-8,14,16H,4,9-13H2,1-3H3,(H,20,22)/b8-6+. The van der Waals surface area contributed by atoms with Crippen LogP contribution in [0.15, 0.2) is 24.3 Å². The van der Waals surface area contributed by atoms with E-state index in [1.807, 2.05) is 12.1 Å². The Labute approximate surface area is 144 Å². The minimum absolute atomic E-state index is 0.0539. The van der Waals surface area contributed by atoms with Crippen molar-refractivity contribution in [3.8, 4) is 11.5 Å². The van der Waals surface area contributed by atoms with Crippen molar-refractivity contribution in [3.05, 3.63) is 29.8 Å². The lowest BCUT2D eigenvalue weighted by molar-refractivity contribution is -0.117. The number of amides is 1. The van der Waals surface area contributed by atoms with Gasteiger partial charge >= 0.3 is 0 Å². The molecule has 0 radical (unpaired) electrons. The molecule has 1 N–H and O–H groups in total. The number of benzene rings is 1. The number of nitrogens with one attached hydrogen (secondary N) is 1. The van der Waals surface area contributed by atoms with Gasteiger partial charge in [0.05, 0.1) is 14.2 Å². The van der Waals surface area contributed by atoms with Gasteiger partial charge in [0, 0.05) is 36.8 Å². The minimum atomic E-state index is -0.0539. The number of hydrogen-bond donors (Lipinski definition) is 1. The molecule has 0 bridgehead atoms. The summed E-state index contributed by atoms with van der Waals surface area (Å²) in [6, 6.07) is 5.81. The van der Waals surface area contributed by atoms with Crippen LogP contribution in [0.3, 0.4) is 0 Å². The average Bonchev–Trinajstić information content (AvgIpc) is 2.61. The number of carbonyl (C=O) groups excluding carboxylic acids is 1. The van der Waals surface area contributed by atoms with Crippen LogP contribution in [0.1, 0.15) is 31.7 Å². The molecular weight excluding hydrogens is 304 g/mol. The number of rotatable bonds is 7. The fraction of sp³-hybridized carbons (Fsp3) is 0.526. The fourth-order valence-electron chi connectivity index (χ4n) is 2.99. The molecule has 1 amide bonds. The number of likely N-dealkylation sites (tertiary alicyclic amines) is 1. The number of piperidine rings is 1. The van der Waals surface area contributed by atoms with E-state index in [-0.39, 0.29) is 11.9 Å². The molecule has 5 nitrogen and oxygen atoms in total. The first kappa shape index (κ1) is 18.3. The second-order valence-electron chi connectivity index (χ2n) is 6.07. The third kappa shape index (κ3) is 5.27. The summed E-state index contributed by atoms with van der Waals surface area (Å²) in [4.78, 5) is 14.6. The van der Waals surface area contributed by atoms with Crippen LogP contribution in [0.25, 0.3) is 6.08 Å². The molecule has 1 heterocycles. The van der Waals surface area contributed by atoms with E-state index >= 15 is 0 Å². The SMILES string of the molecule is CCCN1CCC(NC(=O)/C=C/c2ccc(OC)cc2OC)CC1. The zero-order chi connectivity index (χ0) is 17.4. The predicted octanol–water partition coefficient (Wildman–Crippen LogP) is 2.71. The molecule has 0 spiro atoms. The van der Waals surface area contributed by atoms with Crippen molar-refractivity contribution in [1.82, 2.24) is 10.2 Å². The number of methoxy groups -OCH3 is 2. The van der Waals surface area contributed by atoms with Crippen LogP contribution in [0.5, 0.6) is 11.5 Å². The molecule has 1 aromatic carbocycles. The third-order valence-corrected chi connectivity index (χ3v) is 4.33. The second-order valence-corrected chi connectivity index (χ2v) is 6.07. The van der Waals surface area contributed by atoms with Crippen LogP contribution in [-0.2, 0) is 4.79 Å². The van der Waals surface area contributed by atoms with Crippen molar-refractivity contribution in [2.24, 2.45) is 0 Å². The van der Waals surface area contributed by atoms with Crippen molar-refractivity contribution in [2.75, 3.05) is 33.9 Å². The van der Waals surface area contributed by atoms with Crippen molar-refractivity contribution >= 4 is 12.0 Å². The van der Waals surface area contributed by atoms with Crippen molar-refractivity contribution < 1.29 is 14.3 Å². The highest BCUT2D eigenvalue weighted by Gasteiger charge is 2.19. The van der Waals surface area contributed by atoms with Crippen LogP contribution in [0.2, 0.25) is 0 Å². The minimum Gasteiger partial charge on any atom is -0.497 e. The number of ether oxygens (including phenoxy) is 2. The molecule has 132 valence electrons. The molecule has 0 unspecified atom stereocenters. The molecule has 2 rings (SSSR count). The summed E-state index contributed by atoms with van der Waals surface area (Å²) in [6.07, 6.45) is 6.57. The highest BCUT2D eigenvalue weighted by molar-refractivity contribution is 5.92. The molecule has 1 fully saturated rings. The summed E-state index contributed by atoms with van der Waals surface area (Å²) in [7, 11) is 3.22. The quantitative estimate of drug-likeness (QED) is 0.780. The van der Waals surface area contributed by atoms with E-state index < -0.39 is 0 Å². The van der Waals surface area contributed by atoms with Gasteiger partial charge in [-0.15, -0.1) is 0 Å². The first-order chi connectivity index (χ1) is 11.7. The van der Waals surface area contributed by atoms with Gasteiger partial charge in [-0.25, -0.2) is 0 Å². The number of carbonyl (C=O) groups is 1. The van der Waals surface area contributed by atoms with E-state index in [9.17, 15) is 4.79 Å². The lowest BCUT2D eigenvalue weighted by atomic mass is 10.0. The summed E-state index contributed by atoms with van der Waals surface area (Å²) in [5.41, 5.74) is 0.853. The Bertz CT molecular complexity index is 564. The van der Waals surface area contributed by atoms with Gasteiger partial charge in [0.2, 0.25) is 5.91 Å². The molecule has 5 heteroatoms. The van der Waals surface area contributed by atoms with Crippen LogP contribution in [0, 0.1) is 0 Å². The van der Waals surface area contributed by atoms with Gasteiger partial charge in [0.25, 0.3) is 0 Å². The Morgan fingerprint density at radius 2 is 2.04 bits per heavy atom. The Balaban J connectivity index is 1.87. The molecule has 1 aliphatic heterocycles. The van der Waals surface area contributed by atoms with Gasteiger partial charge in [-0.05, 0) is 44.0 Å². The summed E-state index contributed by atoms with van der Waals surface area (Å²) < 4.78 is 10.5. The van der Waals surface area contributed by atoms with Gasteiger partial charge < -0.3 is 19.7 Å². The predicted molar refractivity (Wildman–Crippen MR) is 96.5 cm³/mol. The van der Waals surface area contributed by atoms with E-state index in [1.165, 1.54) is 6.42 Å². The summed E-state index contributed by atoms with van der Waals surface area (Å²) in [5.74, 6) is 1.36. The lowest BCUT2D eigenvalue weighted by Gasteiger charge is -2.31. The van der Waals surface area contributed by atoms with E-state index in [0.717, 1.165) is 43.8 Å². The molecule has 0 atom stereocenters. The van der Waals surface area contributed by atoms with Crippen LogP contribution in [-0.4, -0.2) is 50.7 Å². The highest BCUT2D eigenvalue weighted by Crippen LogP contribution is 2.25. The summed E-state index contributed by atoms with van der Waals surface area (Å²) in [5, 5.41) is 3.09. The molecule has 24 heavy (non-hydrogen) atoms. The van der Waals surface area contributed by atoms with Gasteiger partial charge in [-0.3, -0.25) is 4.79 Å². The van der Waals surface area contributed by atoms with Gasteiger partial charge in [-0.1, -0.05) is 6.92 Å². The average molecular weight is 332 g/mol. The maximum Gasteiger partial charge on any atom is 0.244 e. The molecular formula is C19H28N2O3. The summed E-state index contributed by atoms with van der Waals surface area (Å²) >= 11 is 0. The van der Waals surface area contributed by atoms with Crippen LogP contribution >= 0.6 is 0 Å². The van der Waals surface area contributed by atoms with E-state index in [2.05, 4.69) is 17.1 Å². The molecule has 1 saturated heterocycles. The lowest BCUT2D eigenvalue weighted by Crippen LogP contribution is -2.44. The number of nitrogens with zero attached hydrogens (tertiary/aromatic N) is 1. The Morgan fingerprint density at radius 3 is 2.67 bits per heavy atom. The largest absolute Gasteiger partial charge is 0.497 e. The smallest absolute Gasteiger partial charge is 0.244 e. The van der Waals surface area contributed by atoms with Gasteiger partial charge in [0.1, 0.15) is 11.5 Å². The number of hydrogen-bond acceptors (Lipinski definition) is 4. The van der Waals surface area contributed by atoms with E-state index in [4.69, 9.17) is 9.47 Å². The van der Waals surface area contributed by atoms with Crippen LogP contribution < -0.4 is 14.8 Å². The normalized spacial score (nSPS) is 16.3. The zero-order valence-electron chi connectivity index (χ0n) is 14.9. The molecule has 0 saturated carbocycles. The molecule has 1 aliphatic rings. The van der Waals surface area contributed by atoms with E-state index in [1.54, 1.807) is 32.4 Å². The molecule has 1 aromatic rings. The van der Waals surface area contributed by atoms with Crippen molar-refractivity contribution in [1.29, 1.82) is 0 Å². The van der Waals surface area contributed by atoms with Gasteiger partial charge in [-0.2, -0.15) is 0 Å². The molecule has 0 aromatic heterocycles. The topological polar surface area (TPSA) is 50.8 Å². The maximum atomic E-state index is 12.1. The second kappa shape index (κ2) is 9.33. The fourth-order valence-corrected chi connectivity index (χ4v) is 2.99. The van der Waals surface area contributed by atoms with Crippen LogP contribution in [0.4, 0.5) is 0 Å². The third-order valence-electron chi connectivity index (χ3n) is 4.33. The zero-order valence-corrected chi connectivity index (χ0v) is 14.9. The monoisotopic (exact) mass is 332 g/mol. The van der Waals surface area contributed by atoms with Gasteiger partial charge in [0.15, 0.2) is 0 Å². The highest BCUT2D eigenvalue weighted by atomic mass is 16.5. The first-order valence-electron chi connectivity index (χ1n) is 8.59. The Morgan fingerprint density at radius 1 is 1.29 bits per heavy atom. The van der Waals surface area contributed by atoms with Crippen molar-refractivity contribution in [2.45, 2.75) is 32.2 Å². The Hall–Kier alpha value is -2.01. The molecule has 0 aliphatic carbocycles. The van der Waals surface area contributed by atoms with Crippen molar-refractivity contribution in [3.63, 3.8) is 0 Å². The first-order valence-corrected chi connectivity index (χ1v) is 8.59. The maximum absolute atomic E-state index is 12.1. The van der Waals surface area contributed by atoms with E-state index in [0.29, 0.717) is 5.75 Å². The Kier molecular flexibility index (Phi) is 7.12.